The summed E-state index contributed by atoms with van der Waals surface area (Å²) in [6.45, 7) is 0.275. The Balaban J connectivity index is 1.95. The lowest BCUT2D eigenvalue weighted by molar-refractivity contribution is 0.0697. The molecule has 1 aromatic carbocycles. The number of benzene rings is 1. The van der Waals surface area contributed by atoms with E-state index in [9.17, 15) is 9.59 Å². The van der Waals surface area contributed by atoms with Gasteiger partial charge >= 0.3 is 12.0 Å². The third-order valence-electron chi connectivity index (χ3n) is 2.62. The largest absolute Gasteiger partial charge is 0.478 e. The van der Waals surface area contributed by atoms with E-state index in [-0.39, 0.29) is 17.1 Å². The van der Waals surface area contributed by atoms with Crippen LogP contribution < -0.4 is 10.6 Å². The fraction of sp³-hybridized carbons (Fsp3) is 0.0714. The highest BCUT2D eigenvalue weighted by Crippen LogP contribution is 2.22. The van der Waals surface area contributed by atoms with E-state index in [4.69, 9.17) is 16.7 Å². The van der Waals surface area contributed by atoms with Crippen LogP contribution in [0, 0.1) is 0 Å². The molecule has 0 radical (unpaired) electrons. The molecule has 0 aliphatic carbocycles. The number of aromatic carboxylic acids is 1. The number of nitrogens with zero attached hydrogens (tertiary/aromatic N) is 1. The van der Waals surface area contributed by atoms with Gasteiger partial charge in [-0.3, -0.25) is 4.98 Å². The van der Waals surface area contributed by atoms with Crippen LogP contribution in [0.1, 0.15) is 16.1 Å². The Morgan fingerprint density at radius 1 is 1.24 bits per heavy atom. The number of carbonyl (C=O) groups excluding carboxylic acids is 1. The molecule has 0 fully saturated rings. The molecule has 0 aliphatic heterocycles. The van der Waals surface area contributed by atoms with Gasteiger partial charge < -0.3 is 15.7 Å². The molecule has 2 aromatic rings. The number of amides is 2. The van der Waals surface area contributed by atoms with Crippen molar-refractivity contribution >= 4 is 29.3 Å². The lowest BCUT2D eigenvalue weighted by Gasteiger charge is -2.09. The van der Waals surface area contributed by atoms with Crippen molar-refractivity contribution in [3.05, 3.63) is 58.9 Å². The van der Waals surface area contributed by atoms with E-state index in [0.717, 1.165) is 5.69 Å². The van der Waals surface area contributed by atoms with Gasteiger partial charge in [0, 0.05) is 6.20 Å². The molecule has 108 valence electrons. The van der Waals surface area contributed by atoms with Crippen LogP contribution in [0.2, 0.25) is 5.02 Å². The van der Waals surface area contributed by atoms with E-state index in [0.29, 0.717) is 5.69 Å². The maximum atomic E-state index is 11.7. The third kappa shape index (κ3) is 4.19. The van der Waals surface area contributed by atoms with Crippen molar-refractivity contribution in [2.75, 3.05) is 5.32 Å². The van der Waals surface area contributed by atoms with Crippen LogP contribution in [0.4, 0.5) is 10.5 Å². The molecule has 1 heterocycles. The molecule has 0 saturated carbocycles. The quantitative estimate of drug-likeness (QED) is 0.810. The molecule has 1 aromatic heterocycles. The van der Waals surface area contributed by atoms with E-state index in [2.05, 4.69) is 15.6 Å². The first-order valence-corrected chi connectivity index (χ1v) is 6.41. The average molecular weight is 306 g/mol. The van der Waals surface area contributed by atoms with Crippen molar-refractivity contribution in [2.45, 2.75) is 6.54 Å². The standard InChI is InChI=1S/C14H12ClN3O3/c15-11-7-9(13(19)20)4-5-12(11)18-14(21)17-8-10-3-1-2-6-16-10/h1-7H,8H2,(H,19,20)(H2,17,18,21). The monoisotopic (exact) mass is 305 g/mol. The number of rotatable bonds is 4. The summed E-state index contributed by atoms with van der Waals surface area (Å²) < 4.78 is 0. The van der Waals surface area contributed by atoms with Gasteiger partial charge in [0.25, 0.3) is 0 Å². The number of hydrogen-bond donors (Lipinski definition) is 3. The van der Waals surface area contributed by atoms with Gasteiger partial charge in [0.2, 0.25) is 0 Å². The highest BCUT2D eigenvalue weighted by Gasteiger charge is 2.09. The summed E-state index contributed by atoms with van der Waals surface area (Å²) in [5.41, 5.74) is 1.11. The Kier molecular flexibility index (Phi) is 4.73. The second-order valence-corrected chi connectivity index (χ2v) is 4.54. The van der Waals surface area contributed by atoms with Gasteiger partial charge in [-0.1, -0.05) is 17.7 Å². The van der Waals surface area contributed by atoms with Crippen LogP contribution in [-0.4, -0.2) is 22.1 Å². The SMILES string of the molecule is O=C(NCc1ccccn1)Nc1ccc(C(=O)O)cc1Cl. The number of halogens is 1. The zero-order valence-electron chi connectivity index (χ0n) is 10.8. The molecule has 2 amide bonds. The van der Waals surface area contributed by atoms with Crippen molar-refractivity contribution in [2.24, 2.45) is 0 Å². The van der Waals surface area contributed by atoms with E-state index in [1.165, 1.54) is 18.2 Å². The fourth-order valence-corrected chi connectivity index (χ4v) is 1.82. The first kappa shape index (κ1) is 14.8. The first-order chi connectivity index (χ1) is 10.1. The molecule has 0 spiro atoms. The molecule has 7 heteroatoms. The van der Waals surface area contributed by atoms with Gasteiger partial charge in [0.1, 0.15) is 0 Å². The Morgan fingerprint density at radius 2 is 2.05 bits per heavy atom. The van der Waals surface area contributed by atoms with Crippen LogP contribution in [0.5, 0.6) is 0 Å². The lowest BCUT2D eigenvalue weighted by Crippen LogP contribution is -2.28. The van der Waals surface area contributed by atoms with Crippen molar-refractivity contribution in [3.63, 3.8) is 0 Å². The van der Waals surface area contributed by atoms with Gasteiger partial charge in [-0.15, -0.1) is 0 Å². The topological polar surface area (TPSA) is 91.3 Å². The molecule has 2 rings (SSSR count). The van der Waals surface area contributed by atoms with Crippen LogP contribution in [0.25, 0.3) is 0 Å². The molecule has 0 unspecified atom stereocenters. The Labute approximate surface area is 125 Å². The van der Waals surface area contributed by atoms with E-state index < -0.39 is 12.0 Å². The number of nitrogens with one attached hydrogen (secondary N) is 2. The number of carboxylic acids is 1. The van der Waals surface area contributed by atoms with Crippen LogP contribution in [-0.2, 0) is 6.54 Å². The minimum Gasteiger partial charge on any atom is -0.478 e. The number of hydrogen-bond acceptors (Lipinski definition) is 3. The molecule has 3 N–H and O–H groups in total. The van der Waals surface area contributed by atoms with Gasteiger partial charge in [-0.05, 0) is 30.3 Å². The van der Waals surface area contributed by atoms with Crippen LogP contribution in [0.15, 0.2) is 42.6 Å². The second kappa shape index (κ2) is 6.71. The summed E-state index contributed by atoms with van der Waals surface area (Å²) in [4.78, 5) is 26.6. The van der Waals surface area contributed by atoms with Crippen molar-refractivity contribution < 1.29 is 14.7 Å². The summed E-state index contributed by atoms with van der Waals surface area (Å²) in [5, 5.41) is 14.2. The predicted octanol–water partition coefficient (Wildman–Crippen LogP) is 2.75. The summed E-state index contributed by atoms with van der Waals surface area (Å²) >= 11 is 5.92. The van der Waals surface area contributed by atoms with E-state index >= 15 is 0 Å². The predicted molar refractivity (Wildman–Crippen MR) is 78.5 cm³/mol. The molecule has 0 saturated heterocycles. The van der Waals surface area contributed by atoms with E-state index in [1.807, 2.05) is 6.07 Å². The number of urea groups is 1. The summed E-state index contributed by atoms with van der Waals surface area (Å²) in [7, 11) is 0. The van der Waals surface area contributed by atoms with Crippen molar-refractivity contribution in [1.82, 2.24) is 10.3 Å². The van der Waals surface area contributed by atoms with Gasteiger partial charge in [-0.25, -0.2) is 9.59 Å². The van der Waals surface area contributed by atoms with E-state index in [1.54, 1.807) is 18.3 Å². The third-order valence-corrected chi connectivity index (χ3v) is 2.93. The average Bonchev–Trinajstić information content (AvgIpc) is 2.48. The van der Waals surface area contributed by atoms with Gasteiger partial charge in [-0.2, -0.15) is 0 Å². The Morgan fingerprint density at radius 3 is 2.67 bits per heavy atom. The second-order valence-electron chi connectivity index (χ2n) is 4.13. The van der Waals surface area contributed by atoms with Gasteiger partial charge in [0.05, 0.1) is 28.5 Å². The first-order valence-electron chi connectivity index (χ1n) is 6.04. The maximum Gasteiger partial charge on any atom is 0.335 e. The minimum absolute atomic E-state index is 0.0550. The number of anilines is 1. The highest BCUT2D eigenvalue weighted by molar-refractivity contribution is 6.34. The molecule has 6 nitrogen and oxygen atoms in total. The molecule has 0 bridgehead atoms. The van der Waals surface area contributed by atoms with Crippen molar-refractivity contribution in [1.29, 1.82) is 0 Å². The number of pyridine rings is 1. The highest BCUT2D eigenvalue weighted by atomic mass is 35.5. The molecule has 0 atom stereocenters. The number of carbonyl (C=O) groups is 2. The van der Waals surface area contributed by atoms with Crippen LogP contribution >= 0.6 is 11.6 Å². The summed E-state index contributed by atoms with van der Waals surface area (Å²) in [6, 6.07) is 9.02. The Hall–Kier alpha value is -2.60. The smallest absolute Gasteiger partial charge is 0.335 e. The molecular formula is C14H12ClN3O3. The zero-order chi connectivity index (χ0) is 15.2. The van der Waals surface area contributed by atoms with Gasteiger partial charge in [0.15, 0.2) is 0 Å². The van der Waals surface area contributed by atoms with Crippen LogP contribution in [0.3, 0.4) is 0 Å². The van der Waals surface area contributed by atoms with Crippen molar-refractivity contribution in [3.8, 4) is 0 Å². The Bertz CT molecular complexity index is 662. The molecular weight excluding hydrogens is 294 g/mol. The summed E-state index contributed by atoms with van der Waals surface area (Å²) in [6.07, 6.45) is 1.64. The fourth-order valence-electron chi connectivity index (χ4n) is 1.59. The number of carboxylic acid groups (broad SMARTS) is 1. The zero-order valence-corrected chi connectivity index (χ0v) is 11.6. The summed E-state index contributed by atoms with van der Waals surface area (Å²) in [5.74, 6) is -1.08. The lowest BCUT2D eigenvalue weighted by atomic mass is 10.2. The maximum absolute atomic E-state index is 11.7. The molecule has 21 heavy (non-hydrogen) atoms. The minimum atomic E-state index is -1.08. The normalized spacial score (nSPS) is 9.95. The molecule has 0 aliphatic rings. The number of aromatic nitrogens is 1.